The second-order valence-corrected chi connectivity index (χ2v) is 5.60. The standard InChI is InChI=1S/C17H21NO3/c1-11(2)8-17(20)18-13-4-6-15(12(3)9-13)16-7-5-14(10-19)21-16/h4-7,9,11,19H,8,10H2,1-3H3,(H,18,20). The van der Waals surface area contributed by atoms with E-state index < -0.39 is 0 Å². The van der Waals surface area contributed by atoms with E-state index in [9.17, 15) is 4.79 Å². The Morgan fingerprint density at radius 2 is 2.05 bits per heavy atom. The van der Waals surface area contributed by atoms with E-state index in [2.05, 4.69) is 5.32 Å². The smallest absolute Gasteiger partial charge is 0.224 e. The molecule has 0 bridgehead atoms. The summed E-state index contributed by atoms with van der Waals surface area (Å²) >= 11 is 0. The first-order valence-electron chi connectivity index (χ1n) is 7.10. The predicted molar refractivity (Wildman–Crippen MR) is 82.9 cm³/mol. The monoisotopic (exact) mass is 287 g/mol. The lowest BCUT2D eigenvalue weighted by Crippen LogP contribution is -2.13. The van der Waals surface area contributed by atoms with E-state index >= 15 is 0 Å². The zero-order chi connectivity index (χ0) is 15.4. The van der Waals surface area contributed by atoms with Crippen LogP contribution in [0.1, 0.15) is 31.6 Å². The highest BCUT2D eigenvalue weighted by Gasteiger charge is 2.10. The molecule has 0 unspecified atom stereocenters. The van der Waals surface area contributed by atoms with Gasteiger partial charge < -0.3 is 14.8 Å². The number of furan rings is 1. The second-order valence-electron chi connectivity index (χ2n) is 5.60. The van der Waals surface area contributed by atoms with Gasteiger partial charge >= 0.3 is 0 Å². The number of benzene rings is 1. The summed E-state index contributed by atoms with van der Waals surface area (Å²) in [4.78, 5) is 11.8. The van der Waals surface area contributed by atoms with Crippen LogP contribution in [0, 0.1) is 12.8 Å². The maximum Gasteiger partial charge on any atom is 0.224 e. The summed E-state index contributed by atoms with van der Waals surface area (Å²) in [6, 6.07) is 9.30. The van der Waals surface area contributed by atoms with Crippen LogP contribution in [0.5, 0.6) is 0 Å². The van der Waals surface area contributed by atoms with Gasteiger partial charge in [0, 0.05) is 17.7 Å². The van der Waals surface area contributed by atoms with Crippen molar-refractivity contribution in [2.45, 2.75) is 33.8 Å². The van der Waals surface area contributed by atoms with Crippen LogP contribution in [0.15, 0.2) is 34.7 Å². The Bertz CT molecular complexity index is 629. The number of hydrogen-bond donors (Lipinski definition) is 2. The third-order valence-corrected chi connectivity index (χ3v) is 3.19. The zero-order valence-corrected chi connectivity index (χ0v) is 12.6. The molecule has 4 heteroatoms. The Morgan fingerprint density at radius 3 is 2.62 bits per heavy atom. The molecule has 1 heterocycles. The topological polar surface area (TPSA) is 62.5 Å². The highest BCUT2D eigenvalue weighted by atomic mass is 16.4. The Labute approximate surface area is 124 Å². The van der Waals surface area contributed by atoms with Gasteiger partial charge in [-0.3, -0.25) is 4.79 Å². The zero-order valence-electron chi connectivity index (χ0n) is 12.6. The number of aliphatic hydroxyl groups excluding tert-OH is 1. The molecule has 1 aromatic carbocycles. The molecule has 2 aromatic rings. The van der Waals surface area contributed by atoms with Gasteiger partial charge in [-0.05, 0) is 48.7 Å². The normalized spacial score (nSPS) is 10.9. The van der Waals surface area contributed by atoms with E-state index in [1.807, 2.05) is 45.0 Å². The Hall–Kier alpha value is -2.07. The summed E-state index contributed by atoms with van der Waals surface area (Å²) < 4.78 is 5.54. The van der Waals surface area contributed by atoms with Crippen LogP contribution in [-0.4, -0.2) is 11.0 Å². The maximum absolute atomic E-state index is 11.8. The van der Waals surface area contributed by atoms with Crippen LogP contribution in [0.2, 0.25) is 0 Å². The van der Waals surface area contributed by atoms with Gasteiger partial charge in [0.25, 0.3) is 0 Å². The van der Waals surface area contributed by atoms with Crippen molar-refractivity contribution in [1.29, 1.82) is 0 Å². The van der Waals surface area contributed by atoms with Crippen molar-refractivity contribution < 1.29 is 14.3 Å². The molecule has 0 fully saturated rings. The molecule has 0 saturated heterocycles. The molecule has 21 heavy (non-hydrogen) atoms. The molecular weight excluding hydrogens is 266 g/mol. The molecule has 1 aromatic heterocycles. The van der Waals surface area contributed by atoms with Crippen molar-refractivity contribution in [1.82, 2.24) is 0 Å². The highest BCUT2D eigenvalue weighted by molar-refractivity contribution is 5.91. The number of carbonyl (C=O) groups excluding carboxylic acids is 1. The molecule has 0 atom stereocenters. The van der Waals surface area contributed by atoms with Gasteiger partial charge in [0.1, 0.15) is 18.1 Å². The van der Waals surface area contributed by atoms with E-state index in [1.165, 1.54) is 0 Å². The Morgan fingerprint density at radius 1 is 1.29 bits per heavy atom. The molecule has 2 N–H and O–H groups in total. The van der Waals surface area contributed by atoms with Crippen molar-refractivity contribution >= 4 is 11.6 Å². The quantitative estimate of drug-likeness (QED) is 0.880. The number of aryl methyl sites for hydroxylation is 1. The van der Waals surface area contributed by atoms with Gasteiger partial charge in [0.2, 0.25) is 5.91 Å². The summed E-state index contributed by atoms with van der Waals surface area (Å²) in [5, 5.41) is 11.9. The van der Waals surface area contributed by atoms with Crippen LogP contribution in [0.3, 0.4) is 0 Å². The molecule has 0 aliphatic rings. The molecular formula is C17H21NO3. The van der Waals surface area contributed by atoms with Crippen molar-refractivity contribution in [2.75, 3.05) is 5.32 Å². The molecule has 112 valence electrons. The van der Waals surface area contributed by atoms with Crippen molar-refractivity contribution in [2.24, 2.45) is 5.92 Å². The highest BCUT2D eigenvalue weighted by Crippen LogP contribution is 2.27. The number of carbonyl (C=O) groups is 1. The second kappa shape index (κ2) is 6.59. The van der Waals surface area contributed by atoms with E-state index in [4.69, 9.17) is 9.52 Å². The number of hydrogen-bond acceptors (Lipinski definition) is 3. The van der Waals surface area contributed by atoms with Gasteiger partial charge in [0.05, 0.1) is 0 Å². The Kier molecular flexibility index (Phi) is 4.81. The van der Waals surface area contributed by atoms with Crippen molar-refractivity contribution in [3.63, 3.8) is 0 Å². The third kappa shape index (κ3) is 3.95. The lowest BCUT2D eigenvalue weighted by Gasteiger charge is -2.10. The van der Waals surface area contributed by atoms with Gasteiger partial charge in [-0.25, -0.2) is 0 Å². The third-order valence-electron chi connectivity index (χ3n) is 3.19. The lowest BCUT2D eigenvalue weighted by molar-refractivity contribution is -0.116. The summed E-state index contributed by atoms with van der Waals surface area (Å²) in [6.45, 7) is 5.89. The Balaban J connectivity index is 2.15. The SMILES string of the molecule is Cc1cc(NC(=O)CC(C)C)ccc1-c1ccc(CO)o1. The van der Waals surface area contributed by atoms with Crippen LogP contribution >= 0.6 is 0 Å². The first-order chi connectivity index (χ1) is 9.99. The average molecular weight is 287 g/mol. The molecule has 0 radical (unpaired) electrons. The average Bonchev–Trinajstić information content (AvgIpc) is 2.86. The van der Waals surface area contributed by atoms with Gasteiger partial charge in [-0.15, -0.1) is 0 Å². The summed E-state index contributed by atoms with van der Waals surface area (Å²) in [6.07, 6.45) is 0.513. The fraction of sp³-hybridized carbons (Fsp3) is 0.353. The fourth-order valence-corrected chi connectivity index (χ4v) is 2.21. The number of rotatable bonds is 5. The molecule has 0 spiro atoms. The minimum absolute atomic E-state index is 0.0257. The summed E-state index contributed by atoms with van der Waals surface area (Å²) in [7, 11) is 0. The van der Waals surface area contributed by atoms with Gasteiger partial charge in [-0.1, -0.05) is 13.8 Å². The molecule has 0 aliphatic heterocycles. The van der Waals surface area contributed by atoms with E-state index in [1.54, 1.807) is 6.07 Å². The van der Waals surface area contributed by atoms with Crippen LogP contribution in [0.4, 0.5) is 5.69 Å². The fourth-order valence-electron chi connectivity index (χ4n) is 2.21. The summed E-state index contributed by atoms with van der Waals surface area (Å²) in [5.41, 5.74) is 2.75. The first-order valence-corrected chi connectivity index (χ1v) is 7.10. The van der Waals surface area contributed by atoms with E-state index in [0.717, 1.165) is 22.6 Å². The largest absolute Gasteiger partial charge is 0.459 e. The number of amides is 1. The number of nitrogens with one attached hydrogen (secondary N) is 1. The van der Waals surface area contributed by atoms with Gasteiger partial charge in [-0.2, -0.15) is 0 Å². The minimum atomic E-state index is -0.109. The maximum atomic E-state index is 11.8. The van der Waals surface area contributed by atoms with Crippen molar-refractivity contribution in [3.05, 3.63) is 41.7 Å². The van der Waals surface area contributed by atoms with Gasteiger partial charge in [0.15, 0.2) is 0 Å². The molecule has 0 aliphatic carbocycles. The van der Waals surface area contributed by atoms with Crippen LogP contribution < -0.4 is 5.32 Å². The van der Waals surface area contributed by atoms with E-state index in [0.29, 0.717) is 18.1 Å². The minimum Gasteiger partial charge on any atom is -0.459 e. The predicted octanol–water partition coefficient (Wildman–Crippen LogP) is 3.73. The first kappa shape index (κ1) is 15.3. The molecule has 4 nitrogen and oxygen atoms in total. The molecule has 2 rings (SSSR count). The number of anilines is 1. The van der Waals surface area contributed by atoms with Crippen molar-refractivity contribution in [3.8, 4) is 11.3 Å². The van der Waals surface area contributed by atoms with Crippen LogP contribution in [0.25, 0.3) is 11.3 Å². The lowest BCUT2D eigenvalue weighted by atomic mass is 10.1. The van der Waals surface area contributed by atoms with E-state index in [-0.39, 0.29) is 12.5 Å². The molecule has 1 amide bonds. The van der Waals surface area contributed by atoms with Crippen LogP contribution in [-0.2, 0) is 11.4 Å². The molecule has 0 saturated carbocycles. The summed E-state index contributed by atoms with van der Waals surface area (Å²) in [5.74, 6) is 1.62. The number of aliphatic hydroxyl groups is 1.